The molecule has 0 saturated heterocycles. The number of halogens is 1. The molecule has 0 radical (unpaired) electrons. The van der Waals surface area contributed by atoms with E-state index < -0.39 is 0 Å². The van der Waals surface area contributed by atoms with Gasteiger partial charge in [-0.15, -0.1) is 10.2 Å². The lowest BCUT2D eigenvalue weighted by atomic mass is 10.2. The first-order valence-electron chi connectivity index (χ1n) is 9.97. The minimum atomic E-state index is -0.367. The summed E-state index contributed by atoms with van der Waals surface area (Å²) in [6.07, 6.45) is 1.69. The molecule has 0 N–H and O–H groups in total. The number of nitrogens with zero attached hydrogens (tertiary/aromatic N) is 5. The van der Waals surface area contributed by atoms with E-state index in [0.29, 0.717) is 33.6 Å². The Morgan fingerprint density at radius 2 is 1.75 bits per heavy atom. The van der Waals surface area contributed by atoms with Crippen molar-refractivity contribution in [1.82, 2.24) is 24.1 Å². The van der Waals surface area contributed by atoms with Crippen molar-refractivity contribution in [2.24, 2.45) is 0 Å². The first-order valence-corrected chi connectivity index (χ1v) is 11.0. The zero-order chi connectivity index (χ0) is 22.1. The van der Waals surface area contributed by atoms with Crippen molar-refractivity contribution in [2.45, 2.75) is 17.8 Å². The maximum absolute atomic E-state index is 14.6. The van der Waals surface area contributed by atoms with Crippen molar-refractivity contribution in [3.05, 3.63) is 106 Å². The van der Waals surface area contributed by atoms with Crippen molar-refractivity contribution in [2.75, 3.05) is 0 Å². The molecule has 32 heavy (non-hydrogen) atoms. The SMILES string of the molecule is Cc1ccc(-n2c(SCc3cc(=O)n4ccccc4n3)nnc2-c2ccccc2F)cc1. The fraction of sp³-hybridized carbons (Fsp3) is 0.0833. The second-order valence-electron chi connectivity index (χ2n) is 7.26. The van der Waals surface area contributed by atoms with Gasteiger partial charge in [0.05, 0.1) is 11.3 Å². The van der Waals surface area contributed by atoms with Crippen LogP contribution in [0.4, 0.5) is 4.39 Å². The maximum atomic E-state index is 14.6. The normalized spacial score (nSPS) is 11.2. The van der Waals surface area contributed by atoms with Crippen LogP contribution >= 0.6 is 11.8 Å². The smallest absolute Gasteiger partial charge is 0.258 e. The van der Waals surface area contributed by atoms with E-state index in [1.807, 2.05) is 41.8 Å². The number of hydrogen-bond donors (Lipinski definition) is 0. The second kappa shape index (κ2) is 8.39. The number of pyridine rings is 1. The third-order valence-electron chi connectivity index (χ3n) is 5.01. The molecule has 0 spiro atoms. The Bertz CT molecular complexity index is 1480. The first kappa shape index (κ1) is 20.1. The second-order valence-corrected chi connectivity index (χ2v) is 8.20. The van der Waals surface area contributed by atoms with Gasteiger partial charge >= 0.3 is 0 Å². The molecule has 0 unspecified atom stereocenters. The van der Waals surface area contributed by atoms with E-state index in [1.54, 1.807) is 36.5 Å². The number of benzene rings is 2. The average Bonchev–Trinajstić information content (AvgIpc) is 3.22. The molecular formula is C24H18FN5OS. The Morgan fingerprint density at radius 3 is 2.56 bits per heavy atom. The van der Waals surface area contributed by atoms with Crippen molar-refractivity contribution >= 4 is 17.4 Å². The molecule has 3 aromatic heterocycles. The number of hydrogen-bond acceptors (Lipinski definition) is 5. The number of fused-ring (bicyclic) bond motifs is 1. The lowest BCUT2D eigenvalue weighted by molar-refractivity contribution is 0.629. The standard InChI is InChI=1S/C24H18FN5OS/c1-16-9-11-18(12-10-16)30-23(19-6-2-3-7-20(19)25)27-28-24(30)32-15-17-14-22(31)29-13-5-4-8-21(29)26-17/h2-14H,15H2,1H3. The summed E-state index contributed by atoms with van der Waals surface area (Å²) in [5.41, 5.74) is 3.39. The van der Waals surface area contributed by atoms with Gasteiger partial charge in [-0.25, -0.2) is 9.37 Å². The van der Waals surface area contributed by atoms with Crippen LogP contribution in [0.2, 0.25) is 0 Å². The topological polar surface area (TPSA) is 65.1 Å². The highest BCUT2D eigenvalue weighted by atomic mass is 32.2. The third kappa shape index (κ3) is 3.80. The summed E-state index contributed by atoms with van der Waals surface area (Å²) >= 11 is 1.39. The molecule has 0 aliphatic carbocycles. The van der Waals surface area contributed by atoms with Crippen LogP contribution in [0, 0.1) is 12.7 Å². The monoisotopic (exact) mass is 443 g/mol. The molecule has 0 saturated carbocycles. The van der Waals surface area contributed by atoms with Gasteiger partial charge in [-0.2, -0.15) is 0 Å². The molecule has 0 fully saturated rings. The fourth-order valence-corrected chi connectivity index (χ4v) is 4.27. The zero-order valence-electron chi connectivity index (χ0n) is 17.1. The maximum Gasteiger partial charge on any atom is 0.258 e. The highest BCUT2D eigenvalue weighted by Crippen LogP contribution is 2.30. The molecule has 0 atom stereocenters. The Labute approximate surface area is 187 Å². The first-order chi connectivity index (χ1) is 15.6. The van der Waals surface area contributed by atoms with Crippen LogP contribution < -0.4 is 5.56 Å². The van der Waals surface area contributed by atoms with Gasteiger partial charge in [0.25, 0.3) is 5.56 Å². The predicted molar refractivity (Wildman–Crippen MR) is 123 cm³/mol. The van der Waals surface area contributed by atoms with Gasteiger partial charge in [0.1, 0.15) is 11.5 Å². The average molecular weight is 444 g/mol. The van der Waals surface area contributed by atoms with E-state index in [9.17, 15) is 9.18 Å². The molecule has 2 aromatic carbocycles. The van der Waals surface area contributed by atoms with Gasteiger partial charge in [-0.3, -0.25) is 13.8 Å². The molecule has 0 aliphatic heterocycles. The van der Waals surface area contributed by atoms with E-state index in [4.69, 9.17) is 0 Å². The van der Waals surface area contributed by atoms with Gasteiger partial charge in [0.2, 0.25) is 0 Å². The largest absolute Gasteiger partial charge is 0.270 e. The van der Waals surface area contributed by atoms with Gasteiger partial charge in [0, 0.05) is 23.7 Å². The van der Waals surface area contributed by atoms with Crippen molar-refractivity contribution in [3.8, 4) is 17.1 Å². The summed E-state index contributed by atoms with van der Waals surface area (Å²) in [4.78, 5) is 17.0. The third-order valence-corrected chi connectivity index (χ3v) is 5.98. The Morgan fingerprint density at radius 1 is 0.969 bits per heavy atom. The summed E-state index contributed by atoms with van der Waals surface area (Å²) in [7, 11) is 0. The summed E-state index contributed by atoms with van der Waals surface area (Å²) in [5.74, 6) is 0.469. The molecule has 0 bridgehead atoms. The van der Waals surface area contributed by atoms with Gasteiger partial charge in [0.15, 0.2) is 11.0 Å². The lowest BCUT2D eigenvalue weighted by Crippen LogP contribution is -2.14. The van der Waals surface area contributed by atoms with Gasteiger partial charge in [-0.05, 0) is 43.3 Å². The highest BCUT2D eigenvalue weighted by Gasteiger charge is 2.19. The van der Waals surface area contributed by atoms with Crippen LogP contribution in [0.15, 0.2) is 88.9 Å². The van der Waals surface area contributed by atoms with E-state index >= 15 is 0 Å². The number of aryl methyl sites for hydroxylation is 1. The quantitative estimate of drug-likeness (QED) is 0.369. The van der Waals surface area contributed by atoms with E-state index in [1.165, 1.54) is 28.3 Å². The Kier molecular flexibility index (Phi) is 5.28. The molecule has 5 rings (SSSR count). The fourth-order valence-electron chi connectivity index (χ4n) is 3.42. The van der Waals surface area contributed by atoms with Crippen LogP contribution in [-0.4, -0.2) is 24.1 Å². The number of thioether (sulfide) groups is 1. The molecular weight excluding hydrogens is 425 g/mol. The summed E-state index contributed by atoms with van der Waals surface area (Å²) in [6, 6.07) is 21.3. The predicted octanol–water partition coefficient (Wildman–Crippen LogP) is 4.68. The van der Waals surface area contributed by atoms with Crippen LogP contribution in [0.25, 0.3) is 22.7 Å². The minimum absolute atomic E-state index is 0.141. The molecule has 5 aromatic rings. The van der Waals surface area contributed by atoms with E-state index in [-0.39, 0.29) is 11.4 Å². The van der Waals surface area contributed by atoms with Gasteiger partial charge in [-0.1, -0.05) is 47.7 Å². The van der Waals surface area contributed by atoms with Crippen LogP contribution in [-0.2, 0) is 5.75 Å². The number of aromatic nitrogens is 5. The molecule has 0 aliphatic rings. The summed E-state index contributed by atoms with van der Waals surface area (Å²) in [5, 5.41) is 9.21. The molecule has 0 amide bonds. The molecule has 3 heterocycles. The zero-order valence-corrected chi connectivity index (χ0v) is 18.0. The molecule has 6 nitrogen and oxygen atoms in total. The summed E-state index contributed by atoms with van der Waals surface area (Å²) in [6.45, 7) is 2.01. The Hall–Kier alpha value is -3.78. The molecule has 8 heteroatoms. The van der Waals surface area contributed by atoms with Crippen LogP contribution in [0.5, 0.6) is 0 Å². The van der Waals surface area contributed by atoms with Gasteiger partial charge < -0.3 is 0 Å². The summed E-state index contributed by atoms with van der Waals surface area (Å²) < 4.78 is 17.9. The Balaban J connectivity index is 1.55. The highest BCUT2D eigenvalue weighted by molar-refractivity contribution is 7.98. The van der Waals surface area contributed by atoms with Crippen LogP contribution in [0.1, 0.15) is 11.3 Å². The lowest BCUT2D eigenvalue weighted by Gasteiger charge is -2.11. The van der Waals surface area contributed by atoms with Crippen molar-refractivity contribution < 1.29 is 4.39 Å². The van der Waals surface area contributed by atoms with Crippen molar-refractivity contribution in [1.29, 1.82) is 0 Å². The minimum Gasteiger partial charge on any atom is -0.270 e. The van der Waals surface area contributed by atoms with Crippen LogP contribution in [0.3, 0.4) is 0 Å². The van der Waals surface area contributed by atoms with Crippen molar-refractivity contribution in [3.63, 3.8) is 0 Å². The number of rotatable bonds is 5. The van der Waals surface area contributed by atoms with E-state index in [0.717, 1.165) is 11.3 Å². The van der Waals surface area contributed by atoms with E-state index in [2.05, 4.69) is 15.2 Å². The molecule has 158 valence electrons.